The lowest BCUT2D eigenvalue weighted by Crippen LogP contribution is -2.41. The van der Waals surface area contributed by atoms with E-state index in [0.29, 0.717) is 28.9 Å². The second-order valence-corrected chi connectivity index (χ2v) is 9.00. The van der Waals surface area contributed by atoms with Gasteiger partial charge in [0.1, 0.15) is 12.3 Å². The van der Waals surface area contributed by atoms with Crippen LogP contribution in [0.3, 0.4) is 0 Å². The molecule has 1 amide bonds. The third-order valence-electron chi connectivity index (χ3n) is 5.64. The van der Waals surface area contributed by atoms with E-state index in [4.69, 9.17) is 21.7 Å². The maximum atomic E-state index is 13.0. The number of hydrogen-bond donors (Lipinski definition) is 1. The van der Waals surface area contributed by atoms with Gasteiger partial charge in [-0.3, -0.25) is 9.69 Å². The minimum atomic E-state index is -0.0589. The fraction of sp³-hybridized carbons (Fsp3) is 0.333. The first-order valence-corrected chi connectivity index (χ1v) is 11.7. The quantitative estimate of drug-likeness (QED) is 0.423. The van der Waals surface area contributed by atoms with Gasteiger partial charge in [0.15, 0.2) is 16.6 Å². The van der Waals surface area contributed by atoms with Gasteiger partial charge in [-0.05, 0) is 70.3 Å². The predicted octanol–water partition coefficient (Wildman–Crippen LogP) is 5.43. The highest BCUT2D eigenvalue weighted by Gasteiger charge is 2.36. The van der Waals surface area contributed by atoms with Gasteiger partial charge in [0.2, 0.25) is 0 Å². The molecule has 2 aliphatic rings. The third kappa shape index (κ3) is 4.93. The number of hydrogen-bond acceptors (Lipinski definition) is 4. The number of nitrogens with zero attached hydrogens (tertiary/aromatic N) is 1. The third-order valence-corrected chi connectivity index (χ3v) is 6.53. The largest absolute Gasteiger partial charge is 0.493 e. The zero-order valence-electron chi connectivity index (χ0n) is 17.4. The fourth-order valence-corrected chi connectivity index (χ4v) is 5.00. The average molecular weight is 501 g/mol. The number of rotatable bonds is 6. The maximum Gasteiger partial charge on any atom is 0.276 e. The standard InChI is InChI=1S/C24H25BrN2O3S/c1-29-21-14-17(12-19(25)22(21)30-15-16-8-4-2-5-9-16)13-20-23(28)27(24(31)26-20)18-10-6-3-7-11-18/h2,4-5,8-9,12-14,18H,3,6-7,10-11,15H2,1H3,(H,26,31)/b20-13-. The number of ether oxygens (including phenoxy) is 2. The minimum absolute atomic E-state index is 0.0589. The van der Waals surface area contributed by atoms with E-state index in [9.17, 15) is 4.79 Å². The second-order valence-electron chi connectivity index (χ2n) is 7.76. The Balaban J connectivity index is 1.54. The first-order chi connectivity index (χ1) is 15.1. The highest BCUT2D eigenvalue weighted by molar-refractivity contribution is 9.10. The summed E-state index contributed by atoms with van der Waals surface area (Å²) in [6.07, 6.45) is 7.34. The van der Waals surface area contributed by atoms with Gasteiger partial charge in [-0.2, -0.15) is 0 Å². The Kier molecular flexibility index (Phi) is 6.92. The number of thiocarbonyl (C=S) groups is 1. The summed E-state index contributed by atoms with van der Waals surface area (Å²) in [4.78, 5) is 14.8. The van der Waals surface area contributed by atoms with Crippen LogP contribution in [0.25, 0.3) is 6.08 Å². The summed E-state index contributed by atoms with van der Waals surface area (Å²) < 4.78 is 12.3. The van der Waals surface area contributed by atoms with Crippen molar-refractivity contribution in [2.45, 2.75) is 44.8 Å². The first kappa shape index (κ1) is 21.8. The normalized spacial score (nSPS) is 18.4. The van der Waals surface area contributed by atoms with E-state index in [0.717, 1.165) is 41.3 Å². The van der Waals surface area contributed by atoms with E-state index in [1.54, 1.807) is 12.0 Å². The van der Waals surface area contributed by atoms with Crippen LogP contribution in [0.4, 0.5) is 0 Å². The van der Waals surface area contributed by atoms with Crippen molar-refractivity contribution >= 4 is 45.2 Å². The molecular formula is C24H25BrN2O3S. The summed E-state index contributed by atoms with van der Waals surface area (Å²) in [6, 6.07) is 13.9. The van der Waals surface area contributed by atoms with Crippen LogP contribution in [0.2, 0.25) is 0 Å². The Morgan fingerprint density at radius 2 is 1.94 bits per heavy atom. The molecule has 0 radical (unpaired) electrons. The number of methoxy groups -OCH3 is 1. The van der Waals surface area contributed by atoms with Gasteiger partial charge in [0, 0.05) is 6.04 Å². The summed E-state index contributed by atoms with van der Waals surface area (Å²) in [7, 11) is 1.60. The first-order valence-electron chi connectivity index (χ1n) is 10.5. The Labute approximate surface area is 196 Å². The van der Waals surface area contributed by atoms with Crippen LogP contribution in [0.5, 0.6) is 11.5 Å². The van der Waals surface area contributed by atoms with Crippen molar-refractivity contribution in [3.8, 4) is 11.5 Å². The summed E-state index contributed by atoms with van der Waals surface area (Å²) in [6.45, 7) is 0.431. The molecule has 5 nitrogen and oxygen atoms in total. The molecular weight excluding hydrogens is 476 g/mol. The maximum absolute atomic E-state index is 13.0. The van der Waals surface area contributed by atoms with E-state index >= 15 is 0 Å². The van der Waals surface area contributed by atoms with Gasteiger partial charge in [-0.25, -0.2) is 0 Å². The Morgan fingerprint density at radius 1 is 1.19 bits per heavy atom. The van der Waals surface area contributed by atoms with Crippen LogP contribution in [0.15, 0.2) is 52.6 Å². The average Bonchev–Trinajstić information content (AvgIpc) is 3.06. The van der Waals surface area contributed by atoms with Crippen molar-refractivity contribution in [2.75, 3.05) is 7.11 Å². The molecule has 1 saturated heterocycles. The van der Waals surface area contributed by atoms with E-state index in [1.807, 2.05) is 48.5 Å². The number of carbonyl (C=O) groups excluding carboxylic acids is 1. The lowest BCUT2D eigenvalue weighted by molar-refractivity contribution is -0.124. The van der Waals surface area contributed by atoms with E-state index in [-0.39, 0.29) is 11.9 Å². The summed E-state index contributed by atoms with van der Waals surface area (Å²) in [5, 5.41) is 3.60. The van der Waals surface area contributed by atoms with Gasteiger partial charge in [0.05, 0.1) is 11.6 Å². The van der Waals surface area contributed by atoms with Crippen molar-refractivity contribution in [3.05, 3.63) is 63.8 Å². The molecule has 7 heteroatoms. The lowest BCUT2D eigenvalue weighted by atomic mass is 9.94. The van der Waals surface area contributed by atoms with E-state index < -0.39 is 0 Å². The van der Waals surface area contributed by atoms with Gasteiger partial charge in [0.25, 0.3) is 5.91 Å². The molecule has 2 fully saturated rings. The van der Waals surface area contributed by atoms with Crippen LogP contribution < -0.4 is 14.8 Å². The van der Waals surface area contributed by atoms with Crippen molar-refractivity contribution in [2.24, 2.45) is 0 Å². The molecule has 0 aromatic heterocycles. The van der Waals surface area contributed by atoms with Crippen molar-refractivity contribution < 1.29 is 14.3 Å². The van der Waals surface area contributed by atoms with Crippen molar-refractivity contribution in [3.63, 3.8) is 0 Å². The summed E-state index contributed by atoms with van der Waals surface area (Å²) in [5.41, 5.74) is 2.38. The highest BCUT2D eigenvalue weighted by atomic mass is 79.9. The molecule has 0 bridgehead atoms. The monoisotopic (exact) mass is 500 g/mol. The SMILES string of the molecule is COc1cc(/C=C2\NC(=S)N(C3CCCCC3)C2=O)cc(Br)c1OCc1ccccc1. The zero-order valence-corrected chi connectivity index (χ0v) is 19.8. The number of halogens is 1. The van der Waals surface area contributed by atoms with Gasteiger partial charge >= 0.3 is 0 Å². The van der Waals surface area contributed by atoms with Crippen LogP contribution >= 0.6 is 28.1 Å². The molecule has 1 aliphatic heterocycles. The second kappa shape index (κ2) is 9.83. The van der Waals surface area contributed by atoms with Crippen LogP contribution in [-0.4, -0.2) is 29.1 Å². The molecule has 2 aromatic rings. The Hall–Kier alpha value is -2.38. The highest BCUT2D eigenvalue weighted by Crippen LogP contribution is 2.38. The number of benzene rings is 2. The minimum Gasteiger partial charge on any atom is -0.493 e. The van der Waals surface area contributed by atoms with E-state index in [1.165, 1.54) is 6.42 Å². The number of carbonyl (C=O) groups is 1. The fourth-order valence-electron chi connectivity index (χ4n) is 4.08. The molecule has 1 N–H and O–H groups in total. The molecule has 1 aliphatic carbocycles. The number of amides is 1. The van der Waals surface area contributed by atoms with Gasteiger partial charge in [-0.1, -0.05) is 49.6 Å². The summed E-state index contributed by atoms with van der Waals surface area (Å²) in [5.74, 6) is 1.16. The van der Waals surface area contributed by atoms with E-state index in [2.05, 4.69) is 21.2 Å². The Morgan fingerprint density at radius 3 is 2.65 bits per heavy atom. The van der Waals surface area contributed by atoms with Crippen LogP contribution in [0.1, 0.15) is 43.2 Å². The smallest absolute Gasteiger partial charge is 0.276 e. The lowest BCUT2D eigenvalue weighted by Gasteiger charge is -2.29. The van der Waals surface area contributed by atoms with Crippen molar-refractivity contribution in [1.82, 2.24) is 10.2 Å². The molecule has 0 unspecified atom stereocenters. The molecule has 0 atom stereocenters. The molecule has 1 saturated carbocycles. The van der Waals surface area contributed by atoms with Gasteiger partial charge in [-0.15, -0.1) is 0 Å². The van der Waals surface area contributed by atoms with Crippen molar-refractivity contribution in [1.29, 1.82) is 0 Å². The molecule has 0 spiro atoms. The predicted molar refractivity (Wildman–Crippen MR) is 129 cm³/mol. The van der Waals surface area contributed by atoms with Crippen LogP contribution in [-0.2, 0) is 11.4 Å². The van der Waals surface area contributed by atoms with Gasteiger partial charge < -0.3 is 14.8 Å². The molecule has 162 valence electrons. The molecule has 1 heterocycles. The molecule has 31 heavy (non-hydrogen) atoms. The molecule has 2 aromatic carbocycles. The summed E-state index contributed by atoms with van der Waals surface area (Å²) >= 11 is 9.05. The number of nitrogens with one attached hydrogen (secondary N) is 1. The molecule has 4 rings (SSSR count). The Bertz CT molecular complexity index is 1000. The van der Waals surface area contributed by atoms with Crippen LogP contribution in [0, 0.1) is 0 Å². The zero-order chi connectivity index (χ0) is 21.8. The topological polar surface area (TPSA) is 50.8 Å².